The largest absolute Gasteiger partial charge is 0.416 e. The van der Waals surface area contributed by atoms with E-state index in [4.69, 9.17) is 4.52 Å². The average Bonchev–Trinajstić information content (AvgIpc) is 2.89. The number of benzene rings is 1. The molecule has 1 unspecified atom stereocenters. The fourth-order valence-electron chi connectivity index (χ4n) is 1.97. The molecular weight excluding hydrogens is 317 g/mol. The van der Waals surface area contributed by atoms with Gasteiger partial charge in [-0.3, -0.25) is 10.1 Å². The van der Waals surface area contributed by atoms with Crippen LogP contribution in [0.3, 0.4) is 0 Å². The van der Waals surface area contributed by atoms with Gasteiger partial charge in [0.1, 0.15) is 5.69 Å². The maximum absolute atomic E-state index is 12.7. The predicted molar refractivity (Wildman–Crippen MR) is 73.8 cm³/mol. The van der Waals surface area contributed by atoms with Crippen molar-refractivity contribution in [2.45, 2.75) is 32.5 Å². The summed E-state index contributed by atoms with van der Waals surface area (Å²) < 4.78 is 42.9. The van der Waals surface area contributed by atoms with Crippen molar-refractivity contribution in [3.05, 3.63) is 45.6 Å². The Hall–Kier alpha value is -2.65. The van der Waals surface area contributed by atoms with Crippen LogP contribution in [0.5, 0.6) is 0 Å². The van der Waals surface area contributed by atoms with E-state index in [0.29, 0.717) is 18.4 Å². The molecule has 0 aliphatic carbocycles. The van der Waals surface area contributed by atoms with Gasteiger partial charge < -0.3 is 9.84 Å². The summed E-state index contributed by atoms with van der Waals surface area (Å²) in [5, 5.41) is 17.6. The Morgan fingerprint density at radius 1 is 1.43 bits per heavy atom. The number of anilines is 1. The monoisotopic (exact) mass is 330 g/mol. The van der Waals surface area contributed by atoms with Crippen molar-refractivity contribution in [1.29, 1.82) is 0 Å². The van der Waals surface area contributed by atoms with E-state index in [1.165, 1.54) is 0 Å². The number of nitrogens with one attached hydrogen (secondary N) is 1. The van der Waals surface area contributed by atoms with Gasteiger partial charge in [0.05, 0.1) is 16.5 Å². The number of aromatic nitrogens is 2. The first kappa shape index (κ1) is 16.7. The minimum absolute atomic E-state index is 0.0442. The van der Waals surface area contributed by atoms with Gasteiger partial charge in [-0.1, -0.05) is 12.1 Å². The van der Waals surface area contributed by atoms with E-state index in [9.17, 15) is 23.3 Å². The first-order valence-electron chi connectivity index (χ1n) is 6.64. The number of hydrogen-bond donors (Lipinski definition) is 1. The van der Waals surface area contributed by atoms with E-state index in [0.717, 1.165) is 12.1 Å². The highest BCUT2D eigenvalue weighted by Gasteiger charge is 2.33. The number of halogens is 3. The second kappa shape index (κ2) is 6.23. The number of alkyl halides is 3. The van der Waals surface area contributed by atoms with Gasteiger partial charge in [-0.2, -0.15) is 18.2 Å². The van der Waals surface area contributed by atoms with E-state index >= 15 is 0 Å². The number of nitro benzene ring substituents is 1. The van der Waals surface area contributed by atoms with Crippen LogP contribution in [0.4, 0.5) is 24.5 Å². The van der Waals surface area contributed by atoms with Crippen molar-refractivity contribution in [2.24, 2.45) is 0 Å². The summed E-state index contributed by atoms with van der Waals surface area (Å²) in [6.07, 6.45) is -4.20. The van der Waals surface area contributed by atoms with Crippen LogP contribution in [0, 0.1) is 17.0 Å². The molecule has 1 heterocycles. The molecule has 0 fully saturated rings. The van der Waals surface area contributed by atoms with Gasteiger partial charge in [-0.25, -0.2) is 0 Å². The third kappa shape index (κ3) is 3.76. The molecule has 0 amide bonds. The van der Waals surface area contributed by atoms with Gasteiger partial charge in [0.25, 0.3) is 5.69 Å². The molecule has 0 radical (unpaired) electrons. The van der Waals surface area contributed by atoms with Crippen LogP contribution < -0.4 is 5.32 Å². The highest BCUT2D eigenvalue weighted by molar-refractivity contribution is 5.63. The molecule has 7 nitrogen and oxygen atoms in total. The first-order valence-corrected chi connectivity index (χ1v) is 6.64. The molecular formula is C13H13F3N4O3. The second-order valence-corrected chi connectivity index (χ2v) is 4.76. The smallest absolute Gasteiger partial charge is 0.369 e. The van der Waals surface area contributed by atoms with Crippen LogP contribution in [-0.2, 0) is 6.18 Å². The summed E-state index contributed by atoms with van der Waals surface area (Å²) in [5.74, 6) is 0.598. The second-order valence-electron chi connectivity index (χ2n) is 4.76. The van der Waals surface area contributed by atoms with Gasteiger partial charge >= 0.3 is 6.18 Å². The Balaban J connectivity index is 2.36. The fourth-order valence-corrected chi connectivity index (χ4v) is 1.97. The van der Waals surface area contributed by atoms with Crippen LogP contribution in [-0.4, -0.2) is 15.1 Å². The third-order valence-corrected chi connectivity index (χ3v) is 3.11. The van der Waals surface area contributed by atoms with E-state index in [1.807, 2.05) is 0 Å². The lowest BCUT2D eigenvalue weighted by atomic mass is 10.1. The summed E-state index contributed by atoms with van der Waals surface area (Å²) in [6.45, 7) is 3.36. The molecule has 0 saturated heterocycles. The average molecular weight is 330 g/mol. The molecule has 10 heteroatoms. The van der Waals surface area contributed by atoms with Crippen molar-refractivity contribution in [3.63, 3.8) is 0 Å². The van der Waals surface area contributed by atoms with Crippen molar-refractivity contribution in [3.8, 4) is 0 Å². The Bertz CT molecular complexity index is 715. The van der Waals surface area contributed by atoms with Crippen LogP contribution >= 0.6 is 0 Å². The van der Waals surface area contributed by atoms with Gasteiger partial charge in [-0.15, -0.1) is 0 Å². The molecule has 2 rings (SSSR count). The topological polar surface area (TPSA) is 94.1 Å². The zero-order chi connectivity index (χ0) is 17.2. The van der Waals surface area contributed by atoms with Gasteiger partial charge in [0.2, 0.25) is 5.89 Å². The lowest BCUT2D eigenvalue weighted by molar-refractivity contribution is -0.384. The molecule has 0 bridgehead atoms. The van der Waals surface area contributed by atoms with Crippen molar-refractivity contribution in [1.82, 2.24) is 10.1 Å². The molecule has 1 atom stereocenters. The van der Waals surface area contributed by atoms with Crippen molar-refractivity contribution in [2.75, 3.05) is 5.32 Å². The van der Waals surface area contributed by atoms with E-state index in [1.54, 1.807) is 13.8 Å². The van der Waals surface area contributed by atoms with Crippen LogP contribution in [0.2, 0.25) is 0 Å². The van der Waals surface area contributed by atoms with Gasteiger partial charge in [0.15, 0.2) is 5.82 Å². The standard InChI is InChI=1S/C13H13F3N4O3/c1-3-9(12-17-7(2)23-19-12)18-10-5-4-8(13(14,15)16)6-11(10)20(21)22/h4-6,9,18H,3H2,1-2H3. The Kier molecular flexibility index (Phi) is 4.52. The highest BCUT2D eigenvalue weighted by atomic mass is 19.4. The molecule has 0 spiro atoms. The zero-order valence-corrected chi connectivity index (χ0v) is 12.2. The van der Waals surface area contributed by atoms with Crippen LogP contribution in [0.25, 0.3) is 0 Å². The minimum atomic E-state index is -4.65. The normalized spacial score (nSPS) is 12.9. The first-order chi connectivity index (χ1) is 10.7. The predicted octanol–water partition coefficient (Wildman–Crippen LogP) is 3.87. The minimum Gasteiger partial charge on any atom is -0.369 e. The lowest BCUT2D eigenvalue weighted by Crippen LogP contribution is -2.13. The maximum Gasteiger partial charge on any atom is 0.416 e. The highest BCUT2D eigenvalue weighted by Crippen LogP contribution is 2.36. The van der Waals surface area contributed by atoms with Crippen molar-refractivity contribution < 1.29 is 22.6 Å². The molecule has 0 aliphatic heterocycles. The molecule has 0 aliphatic rings. The third-order valence-electron chi connectivity index (χ3n) is 3.11. The number of hydrogen-bond acceptors (Lipinski definition) is 6. The summed E-state index contributed by atoms with van der Waals surface area (Å²) >= 11 is 0. The van der Waals surface area contributed by atoms with Crippen LogP contribution in [0.1, 0.15) is 36.7 Å². The molecule has 0 saturated carbocycles. The maximum atomic E-state index is 12.7. The summed E-state index contributed by atoms with van der Waals surface area (Å²) in [4.78, 5) is 14.2. The molecule has 124 valence electrons. The quantitative estimate of drug-likeness (QED) is 0.660. The number of nitro groups is 1. The zero-order valence-electron chi connectivity index (χ0n) is 12.2. The molecule has 2 aromatic rings. The SMILES string of the molecule is CCC(Nc1ccc(C(F)(F)F)cc1[N+](=O)[O-])c1noc(C)n1. The molecule has 23 heavy (non-hydrogen) atoms. The molecule has 1 aromatic carbocycles. The molecule has 1 aromatic heterocycles. The summed E-state index contributed by atoms with van der Waals surface area (Å²) in [6, 6.07) is 1.78. The molecule has 1 N–H and O–H groups in total. The van der Waals surface area contributed by atoms with E-state index < -0.39 is 28.4 Å². The fraction of sp³-hybridized carbons (Fsp3) is 0.385. The Morgan fingerprint density at radius 3 is 2.61 bits per heavy atom. The van der Waals surface area contributed by atoms with E-state index in [-0.39, 0.29) is 11.5 Å². The summed E-state index contributed by atoms with van der Waals surface area (Å²) in [7, 11) is 0. The Labute approximate surface area is 128 Å². The number of aryl methyl sites for hydroxylation is 1. The lowest BCUT2D eigenvalue weighted by Gasteiger charge is -2.15. The van der Waals surface area contributed by atoms with E-state index in [2.05, 4.69) is 15.5 Å². The van der Waals surface area contributed by atoms with Gasteiger partial charge in [0, 0.05) is 13.0 Å². The van der Waals surface area contributed by atoms with Crippen molar-refractivity contribution >= 4 is 11.4 Å². The number of nitrogens with zero attached hydrogens (tertiary/aromatic N) is 3. The van der Waals surface area contributed by atoms with Crippen LogP contribution in [0.15, 0.2) is 22.7 Å². The van der Waals surface area contributed by atoms with Gasteiger partial charge in [-0.05, 0) is 18.6 Å². The number of rotatable bonds is 5. The Morgan fingerprint density at radius 2 is 2.13 bits per heavy atom. The summed E-state index contributed by atoms with van der Waals surface area (Å²) in [5.41, 5.74) is -1.80.